The zero-order valence-corrected chi connectivity index (χ0v) is 23.0. The molecule has 0 fully saturated rings. The van der Waals surface area contributed by atoms with Crippen LogP contribution in [-0.2, 0) is 6.61 Å². The van der Waals surface area contributed by atoms with Crippen LogP contribution in [-0.4, -0.2) is 19.2 Å². The van der Waals surface area contributed by atoms with Crippen LogP contribution < -0.4 is 14.9 Å². The molecule has 35 heavy (non-hydrogen) atoms. The van der Waals surface area contributed by atoms with Crippen molar-refractivity contribution in [3.05, 3.63) is 102 Å². The highest BCUT2D eigenvalue weighted by Crippen LogP contribution is 2.42. The summed E-state index contributed by atoms with van der Waals surface area (Å²) < 4.78 is 12.8. The Kier molecular flexibility index (Phi) is 8.34. The highest BCUT2D eigenvalue weighted by atomic mass is 79.9. The highest BCUT2D eigenvalue weighted by molar-refractivity contribution is 9.13. The lowest BCUT2D eigenvalue weighted by Crippen LogP contribution is -2.18. The summed E-state index contributed by atoms with van der Waals surface area (Å²) >= 11 is 19.2. The van der Waals surface area contributed by atoms with E-state index in [9.17, 15) is 4.79 Å². The number of nitrogens with zero attached hydrogens (tertiary/aromatic N) is 1. The molecule has 0 aliphatic carbocycles. The first-order valence-electron chi connectivity index (χ1n) is 10.3. The minimum Gasteiger partial charge on any atom is -0.493 e. The van der Waals surface area contributed by atoms with Gasteiger partial charge in [-0.05, 0) is 72.5 Å². The van der Waals surface area contributed by atoms with Crippen LogP contribution in [0.2, 0.25) is 10.0 Å². The number of benzene rings is 4. The number of methoxy groups -OCH3 is 1. The molecular formula is C26H18Br2Cl2N2O3. The van der Waals surface area contributed by atoms with E-state index < -0.39 is 0 Å². The Morgan fingerprint density at radius 2 is 1.77 bits per heavy atom. The second-order valence-corrected chi connectivity index (χ2v) is 9.79. The Balaban J connectivity index is 1.52. The van der Waals surface area contributed by atoms with Crippen molar-refractivity contribution in [2.24, 2.45) is 5.10 Å². The number of carbonyl (C=O) groups is 1. The molecule has 1 N–H and O–H groups in total. The summed E-state index contributed by atoms with van der Waals surface area (Å²) in [4.78, 5) is 12.7. The summed E-state index contributed by atoms with van der Waals surface area (Å²) in [6, 6.07) is 20.3. The Morgan fingerprint density at radius 1 is 1.00 bits per heavy atom. The van der Waals surface area contributed by atoms with Gasteiger partial charge in [0, 0.05) is 15.6 Å². The molecule has 0 radical (unpaired) electrons. The average Bonchev–Trinajstić information content (AvgIpc) is 2.87. The van der Waals surface area contributed by atoms with Crippen LogP contribution in [0.5, 0.6) is 11.5 Å². The van der Waals surface area contributed by atoms with Crippen molar-refractivity contribution in [2.45, 2.75) is 6.61 Å². The van der Waals surface area contributed by atoms with Crippen LogP contribution in [0.4, 0.5) is 0 Å². The Morgan fingerprint density at radius 3 is 2.54 bits per heavy atom. The summed E-state index contributed by atoms with van der Waals surface area (Å²) in [6.45, 7) is 0.257. The SMILES string of the molecule is COc1cc(/C=N\NC(=O)c2cccc3ccccc23)c(Br)c(Br)c1OCc1ccc(Cl)c(Cl)c1. The van der Waals surface area contributed by atoms with Gasteiger partial charge >= 0.3 is 0 Å². The van der Waals surface area contributed by atoms with Gasteiger partial charge in [0.15, 0.2) is 11.5 Å². The molecule has 0 unspecified atom stereocenters. The molecule has 178 valence electrons. The van der Waals surface area contributed by atoms with Gasteiger partial charge in [-0.1, -0.05) is 65.7 Å². The Hall–Kier alpha value is -2.58. The maximum atomic E-state index is 12.7. The smallest absolute Gasteiger partial charge is 0.271 e. The first kappa shape index (κ1) is 25.5. The van der Waals surface area contributed by atoms with Crippen molar-refractivity contribution < 1.29 is 14.3 Å². The van der Waals surface area contributed by atoms with Crippen molar-refractivity contribution in [1.82, 2.24) is 5.43 Å². The van der Waals surface area contributed by atoms with Gasteiger partial charge in [-0.25, -0.2) is 5.43 Å². The van der Waals surface area contributed by atoms with Crippen LogP contribution in [0.15, 0.2) is 80.8 Å². The number of halogens is 4. The van der Waals surface area contributed by atoms with Crippen molar-refractivity contribution in [2.75, 3.05) is 7.11 Å². The van der Waals surface area contributed by atoms with Gasteiger partial charge in [-0.3, -0.25) is 4.79 Å². The van der Waals surface area contributed by atoms with Crippen LogP contribution in [0.25, 0.3) is 10.8 Å². The first-order chi connectivity index (χ1) is 16.9. The third kappa shape index (κ3) is 5.81. The number of hydrazone groups is 1. The van der Waals surface area contributed by atoms with E-state index in [2.05, 4.69) is 42.4 Å². The number of hydrogen-bond acceptors (Lipinski definition) is 4. The predicted molar refractivity (Wildman–Crippen MR) is 148 cm³/mol. The standard InChI is InChI=1S/C26H18Br2Cl2N2O3/c1-34-22-12-17(13-31-32-26(33)19-8-4-6-16-5-2-3-7-18(16)19)23(27)24(28)25(22)35-14-15-9-10-20(29)21(30)11-15/h2-13H,14H2,1H3,(H,32,33)/b31-13-. The molecule has 1 amide bonds. The lowest BCUT2D eigenvalue weighted by molar-refractivity contribution is 0.0957. The van der Waals surface area contributed by atoms with E-state index in [0.29, 0.717) is 41.6 Å². The van der Waals surface area contributed by atoms with Crippen molar-refractivity contribution in [1.29, 1.82) is 0 Å². The van der Waals surface area contributed by atoms with Crippen LogP contribution in [0.1, 0.15) is 21.5 Å². The van der Waals surface area contributed by atoms with Gasteiger partial charge in [0.05, 0.1) is 27.8 Å². The predicted octanol–water partition coefficient (Wildman–Crippen LogP) is 8.02. The first-order valence-corrected chi connectivity index (χ1v) is 12.7. The molecule has 0 heterocycles. The van der Waals surface area contributed by atoms with E-state index in [1.807, 2.05) is 42.5 Å². The quantitative estimate of drug-likeness (QED) is 0.165. The Labute approximate surface area is 229 Å². The third-order valence-corrected chi connectivity index (χ3v) is 8.03. The minimum atomic E-state index is -0.304. The number of nitrogens with one attached hydrogen (secondary N) is 1. The number of fused-ring (bicyclic) bond motifs is 1. The van der Waals surface area contributed by atoms with Crippen molar-refractivity contribution in [3.8, 4) is 11.5 Å². The second kappa shape index (κ2) is 11.4. The van der Waals surface area contributed by atoms with Crippen LogP contribution in [0.3, 0.4) is 0 Å². The molecule has 9 heteroatoms. The summed E-state index contributed by atoms with van der Waals surface area (Å²) in [7, 11) is 1.55. The van der Waals surface area contributed by atoms with E-state index in [0.717, 1.165) is 16.3 Å². The number of ether oxygens (including phenoxy) is 2. The average molecular weight is 637 g/mol. The molecule has 4 rings (SSSR count). The number of rotatable bonds is 7. The van der Waals surface area contributed by atoms with E-state index in [4.69, 9.17) is 32.7 Å². The van der Waals surface area contributed by atoms with Crippen molar-refractivity contribution >= 4 is 78.0 Å². The lowest BCUT2D eigenvalue weighted by atomic mass is 10.0. The molecular weight excluding hydrogens is 619 g/mol. The molecule has 0 aliphatic rings. The maximum Gasteiger partial charge on any atom is 0.271 e. The lowest BCUT2D eigenvalue weighted by Gasteiger charge is -2.15. The zero-order valence-electron chi connectivity index (χ0n) is 18.3. The number of carbonyl (C=O) groups excluding carboxylic acids is 1. The number of hydrogen-bond donors (Lipinski definition) is 1. The molecule has 0 aromatic heterocycles. The monoisotopic (exact) mass is 634 g/mol. The van der Waals surface area contributed by atoms with Gasteiger partial charge in [0.1, 0.15) is 6.61 Å². The van der Waals surface area contributed by atoms with E-state index in [1.54, 1.807) is 31.4 Å². The molecule has 4 aromatic rings. The summed E-state index contributed by atoms with van der Waals surface area (Å²) in [5.74, 6) is 0.686. The van der Waals surface area contributed by atoms with Crippen molar-refractivity contribution in [3.63, 3.8) is 0 Å². The van der Waals surface area contributed by atoms with E-state index in [-0.39, 0.29) is 12.5 Å². The maximum absolute atomic E-state index is 12.7. The summed E-state index contributed by atoms with van der Waals surface area (Å²) in [5, 5.41) is 6.92. The fraction of sp³-hybridized carbons (Fsp3) is 0.0769. The topological polar surface area (TPSA) is 59.9 Å². The molecule has 4 aromatic carbocycles. The normalized spacial score (nSPS) is 11.1. The molecule has 0 atom stereocenters. The Bertz CT molecular complexity index is 1440. The largest absolute Gasteiger partial charge is 0.493 e. The second-order valence-electron chi connectivity index (χ2n) is 7.39. The minimum absolute atomic E-state index is 0.257. The van der Waals surface area contributed by atoms with E-state index >= 15 is 0 Å². The van der Waals surface area contributed by atoms with Gasteiger partial charge in [0.25, 0.3) is 5.91 Å². The van der Waals surface area contributed by atoms with Crippen LogP contribution in [0, 0.1) is 0 Å². The fourth-order valence-electron chi connectivity index (χ4n) is 3.41. The van der Waals surface area contributed by atoms with Gasteiger partial charge in [-0.15, -0.1) is 0 Å². The van der Waals surface area contributed by atoms with Gasteiger partial charge in [0.2, 0.25) is 0 Å². The molecule has 0 saturated carbocycles. The summed E-state index contributed by atoms with van der Waals surface area (Å²) in [5.41, 5.74) is 4.67. The van der Waals surface area contributed by atoms with Crippen LogP contribution >= 0.6 is 55.1 Å². The molecule has 0 aliphatic heterocycles. The third-order valence-electron chi connectivity index (χ3n) is 5.15. The van der Waals surface area contributed by atoms with E-state index in [1.165, 1.54) is 6.21 Å². The summed E-state index contributed by atoms with van der Waals surface area (Å²) in [6.07, 6.45) is 1.53. The molecule has 0 bridgehead atoms. The number of amides is 1. The fourth-order valence-corrected chi connectivity index (χ4v) is 4.67. The molecule has 0 saturated heterocycles. The molecule has 0 spiro atoms. The highest BCUT2D eigenvalue weighted by Gasteiger charge is 2.17. The van der Waals surface area contributed by atoms with Gasteiger partial charge < -0.3 is 9.47 Å². The van der Waals surface area contributed by atoms with Gasteiger partial charge in [-0.2, -0.15) is 5.10 Å². The zero-order chi connectivity index (χ0) is 24.9. The molecule has 5 nitrogen and oxygen atoms in total.